The van der Waals surface area contributed by atoms with Crippen molar-refractivity contribution in [1.82, 2.24) is 19.8 Å². The van der Waals surface area contributed by atoms with Crippen molar-refractivity contribution < 1.29 is 19.1 Å². The van der Waals surface area contributed by atoms with Crippen LogP contribution in [-0.2, 0) is 9.53 Å². The Morgan fingerprint density at radius 3 is 2.76 bits per heavy atom. The predicted molar refractivity (Wildman–Crippen MR) is 69.3 cm³/mol. The zero-order valence-corrected chi connectivity index (χ0v) is 11.5. The first-order valence-electron chi connectivity index (χ1n) is 6.63. The van der Waals surface area contributed by atoms with Gasteiger partial charge in [0.2, 0.25) is 0 Å². The number of hydrogen-bond acceptors (Lipinski definition) is 6. The van der Waals surface area contributed by atoms with Gasteiger partial charge in [0.05, 0.1) is 17.9 Å². The molecule has 0 unspecified atom stereocenters. The standard InChI is InChI=1S/C13H14N4O4/c1-8-4-15-10(5-14-8)12(19)16-3-2-9(6-16)17-11(18)7-21-13(17)20/h4-5,9H,2-3,6-7H2,1H3/t9-/m0/s1. The van der Waals surface area contributed by atoms with E-state index >= 15 is 0 Å². The molecule has 0 aliphatic carbocycles. The minimum absolute atomic E-state index is 0.216. The third-order valence-corrected chi connectivity index (χ3v) is 3.60. The Bertz CT molecular complexity index is 585. The van der Waals surface area contributed by atoms with Crippen molar-refractivity contribution in [2.45, 2.75) is 19.4 Å². The Morgan fingerprint density at radius 2 is 2.14 bits per heavy atom. The van der Waals surface area contributed by atoms with Crippen LogP contribution in [0.4, 0.5) is 4.79 Å². The van der Waals surface area contributed by atoms with Gasteiger partial charge in [-0.2, -0.15) is 0 Å². The fraction of sp³-hybridized carbons (Fsp3) is 0.462. The molecule has 0 saturated carbocycles. The zero-order valence-electron chi connectivity index (χ0n) is 11.5. The second kappa shape index (κ2) is 5.12. The summed E-state index contributed by atoms with van der Waals surface area (Å²) in [5.41, 5.74) is 0.993. The molecule has 3 rings (SSSR count). The van der Waals surface area contributed by atoms with E-state index in [1.165, 1.54) is 12.4 Å². The number of rotatable bonds is 2. The van der Waals surface area contributed by atoms with Crippen molar-refractivity contribution in [3.05, 3.63) is 23.8 Å². The van der Waals surface area contributed by atoms with Gasteiger partial charge in [0.25, 0.3) is 11.8 Å². The van der Waals surface area contributed by atoms with Crippen LogP contribution in [0.1, 0.15) is 22.6 Å². The van der Waals surface area contributed by atoms with E-state index in [0.29, 0.717) is 19.5 Å². The van der Waals surface area contributed by atoms with Crippen molar-refractivity contribution in [2.75, 3.05) is 19.7 Å². The van der Waals surface area contributed by atoms with Gasteiger partial charge in [-0.05, 0) is 13.3 Å². The molecule has 21 heavy (non-hydrogen) atoms. The Kier molecular flexibility index (Phi) is 3.28. The Morgan fingerprint density at radius 1 is 1.33 bits per heavy atom. The van der Waals surface area contributed by atoms with Crippen LogP contribution in [-0.4, -0.2) is 63.4 Å². The summed E-state index contributed by atoms with van der Waals surface area (Å²) in [7, 11) is 0. The lowest BCUT2D eigenvalue weighted by atomic mass is 10.2. The molecule has 0 bridgehead atoms. The van der Waals surface area contributed by atoms with E-state index in [0.717, 1.165) is 10.6 Å². The Hall–Kier alpha value is -2.51. The quantitative estimate of drug-likeness (QED) is 0.760. The smallest absolute Gasteiger partial charge is 0.417 e. The number of likely N-dealkylation sites (tertiary alicyclic amines) is 1. The third-order valence-electron chi connectivity index (χ3n) is 3.60. The SMILES string of the molecule is Cc1cnc(C(=O)N2CC[C@H](N3C(=O)COC3=O)C2)cn1. The van der Waals surface area contributed by atoms with E-state index in [1.54, 1.807) is 11.8 Å². The lowest BCUT2D eigenvalue weighted by Crippen LogP contribution is -2.42. The van der Waals surface area contributed by atoms with Crippen LogP contribution in [0.2, 0.25) is 0 Å². The highest BCUT2D eigenvalue weighted by atomic mass is 16.6. The van der Waals surface area contributed by atoms with Gasteiger partial charge in [0.15, 0.2) is 6.61 Å². The molecule has 2 fully saturated rings. The van der Waals surface area contributed by atoms with Crippen LogP contribution in [0.3, 0.4) is 0 Å². The molecule has 1 aromatic rings. The van der Waals surface area contributed by atoms with Crippen LogP contribution in [0, 0.1) is 6.92 Å². The summed E-state index contributed by atoms with van der Waals surface area (Å²) < 4.78 is 4.70. The second-order valence-electron chi connectivity index (χ2n) is 5.06. The molecule has 0 aromatic carbocycles. The maximum atomic E-state index is 12.3. The molecule has 8 heteroatoms. The van der Waals surface area contributed by atoms with Crippen LogP contribution in [0.5, 0.6) is 0 Å². The van der Waals surface area contributed by atoms with E-state index in [1.807, 2.05) is 0 Å². The summed E-state index contributed by atoms with van der Waals surface area (Å²) in [4.78, 5) is 46.2. The Balaban J connectivity index is 1.69. The fourth-order valence-corrected chi connectivity index (χ4v) is 2.52. The molecule has 3 heterocycles. The molecule has 110 valence electrons. The van der Waals surface area contributed by atoms with Gasteiger partial charge in [-0.1, -0.05) is 0 Å². The van der Waals surface area contributed by atoms with Crippen molar-refractivity contribution in [2.24, 2.45) is 0 Å². The van der Waals surface area contributed by atoms with Crippen molar-refractivity contribution >= 4 is 17.9 Å². The number of cyclic esters (lactones) is 1. The topological polar surface area (TPSA) is 92.7 Å². The maximum Gasteiger partial charge on any atom is 0.417 e. The first kappa shape index (κ1) is 13.5. The predicted octanol–water partition coefficient (Wildman–Crippen LogP) is -0.0217. The van der Waals surface area contributed by atoms with E-state index in [9.17, 15) is 14.4 Å². The summed E-state index contributed by atoms with van der Waals surface area (Å²) in [5.74, 6) is -0.598. The molecule has 2 aliphatic rings. The number of carbonyl (C=O) groups is 3. The molecule has 2 saturated heterocycles. The minimum atomic E-state index is -0.630. The first-order valence-corrected chi connectivity index (χ1v) is 6.63. The largest absolute Gasteiger partial charge is 0.439 e. The number of carbonyl (C=O) groups excluding carboxylic acids is 3. The van der Waals surface area contributed by atoms with Gasteiger partial charge in [0.1, 0.15) is 5.69 Å². The lowest BCUT2D eigenvalue weighted by molar-refractivity contribution is -0.127. The van der Waals surface area contributed by atoms with Crippen LogP contribution < -0.4 is 0 Å². The molecule has 1 atom stereocenters. The molecule has 0 radical (unpaired) electrons. The summed E-state index contributed by atoms with van der Waals surface area (Å²) in [6, 6.07) is -0.324. The number of hydrogen-bond donors (Lipinski definition) is 0. The number of amides is 3. The fourth-order valence-electron chi connectivity index (χ4n) is 2.52. The van der Waals surface area contributed by atoms with Crippen LogP contribution in [0.15, 0.2) is 12.4 Å². The molecule has 0 spiro atoms. The summed E-state index contributed by atoms with van der Waals surface area (Å²) in [6.07, 6.45) is 2.88. The van der Waals surface area contributed by atoms with Crippen LogP contribution in [0.25, 0.3) is 0 Å². The first-order chi connectivity index (χ1) is 10.1. The highest BCUT2D eigenvalue weighted by molar-refractivity contribution is 5.98. The lowest BCUT2D eigenvalue weighted by Gasteiger charge is -2.20. The average molecular weight is 290 g/mol. The molecule has 1 aromatic heterocycles. The molecule has 2 aliphatic heterocycles. The van der Waals surface area contributed by atoms with Gasteiger partial charge < -0.3 is 9.64 Å². The molecule has 3 amide bonds. The highest BCUT2D eigenvalue weighted by Gasteiger charge is 2.41. The Labute approximate surface area is 120 Å². The minimum Gasteiger partial charge on any atom is -0.439 e. The maximum absolute atomic E-state index is 12.3. The molecular weight excluding hydrogens is 276 g/mol. The van der Waals surface area contributed by atoms with Crippen molar-refractivity contribution in [3.8, 4) is 0 Å². The van der Waals surface area contributed by atoms with Crippen molar-refractivity contribution in [1.29, 1.82) is 0 Å². The number of nitrogens with zero attached hydrogens (tertiary/aromatic N) is 4. The normalized spacial score (nSPS) is 21.9. The molecule has 8 nitrogen and oxygen atoms in total. The van der Waals surface area contributed by atoms with Gasteiger partial charge in [-0.3, -0.25) is 14.6 Å². The average Bonchev–Trinajstić information content (AvgIpc) is 3.06. The highest BCUT2D eigenvalue weighted by Crippen LogP contribution is 2.21. The van der Waals surface area contributed by atoms with Crippen molar-refractivity contribution in [3.63, 3.8) is 0 Å². The third kappa shape index (κ3) is 2.44. The van der Waals surface area contributed by atoms with E-state index in [2.05, 4.69) is 9.97 Å². The summed E-state index contributed by atoms with van der Waals surface area (Å²) >= 11 is 0. The number of imide groups is 1. The number of aromatic nitrogens is 2. The van der Waals surface area contributed by atoms with Crippen LogP contribution >= 0.6 is 0 Å². The second-order valence-corrected chi connectivity index (χ2v) is 5.06. The number of aryl methyl sites for hydroxylation is 1. The summed E-state index contributed by atoms with van der Waals surface area (Å²) in [6.45, 7) is 2.34. The zero-order chi connectivity index (χ0) is 15.0. The van der Waals surface area contributed by atoms with E-state index in [-0.39, 0.29) is 30.2 Å². The number of ether oxygens (including phenoxy) is 1. The van der Waals surface area contributed by atoms with Gasteiger partial charge >= 0.3 is 6.09 Å². The van der Waals surface area contributed by atoms with Gasteiger partial charge in [-0.15, -0.1) is 0 Å². The van der Waals surface area contributed by atoms with E-state index < -0.39 is 6.09 Å². The monoisotopic (exact) mass is 290 g/mol. The van der Waals surface area contributed by atoms with Gasteiger partial charge in [0, 0.05) is 19.3 Å². The molecular formula is C13H14N4O4. The summed E-state index contributed by atoms with van der Waals surface area (Å²) in [5, 5.41) is 0. The van der Waals surface area contributed by atoms with E-state index in [4.69, 9.17) is 4.74 Å². The van der Waals surface area contributed by atoms with Gasteiger partial charge in [-0.25, -0.2) is 14.7 Å². The molecule has 0 N–H and O–H groups in total.